The molecule has 1 aromatic carbocycles. The van der Waals surface area contributed by atoms with Gasteiger partial charge in [0.25, 0.3) is 0 Å². The maximum atomic E-state index is 9.46. The van der Waals surface area contributed by atoms with Crippen LogP contribution in [0.25, 0.3) is 11.0 Å². The molecule has 1 aromatic heterocycles. The van der Waals surface area contributed by atoms with Gasteiger partial charge >= 0.3 is 0 Å². The van der Waals surface area contributed by atoms with Crippen LogP contribution in [-0.2, 0) is 6.54 Å². The highest BCUT2D eigenvalue weighted by molar-refractivity contribution is 5.74. The lowest BCUT2D eigenvalue weighted by molar-refractivity contribution is 0.164. The number of para-hydroxylation sites is 2. The van der Waals surface area contributed by atoms with Crippen molar-refractivity contribution in [2.45, 2.75) is 38.8 Å². The maximum Gasteiger partial charge on any atom is 0.0958 e. The fourth-order valence-electron chi connectivity index (χ4n) is 2.48. The SMILES string of the molecule is CCNC(C)(CO)CCCn1cnc2ccccc21. The van der Waals surface area contributed by atoms with Crippen LogP contribution < -0.4 is 5.32 Å². The Morgan fingerprint density at radius 1 is 1.37 bits per heavy atom. The number of imidazole rings is 1. The van der Waals surface area contributed by atoms with Gasteiger partial charge in [0, 0.05) is 12.1 Å². The summed E-state index contributed by atoms with van der Waals surface area (Å²) in [5.74, 6) is 0. The molecule has 0 radical (unpaired) electrons. The average molecular weight is 261 g/mol. The number of rotatable bonds is 7. The number of hydrogen-bond acceptors (Lipinski definition) is 3. The molecule has 0 amide bonds. The number of aliphatic hydroxyl groups is 1. The molecule has 0 fully saturated rings. The molecule has 0 spiro atoms. The summed E-state index contributed by atoms with van der Waals surface area (Å²) >= 11 is 0. The van der Waals surface area contributed by atoms with E-state index in [1.54, 1.807) is 0 Å². The van der Waals surface area contributed by atoms with E-state index in [1.165, 1.54) is 5.52 Å². The van der Waals surface area contributed by atoms with Gasteiger partial charge in [-0.3, -0.25) is 0 Å². The van der Waals surface area contributed by atoms with Crippen LogP contribution in [0.2, 0.25) is 0 Å². The van der Waals surface area contributed by atoms with Crippen LogP contribution in [0, 0.1) is 0 Å². The summed E-state index contributed by atoms with van der Waals surface area (Å²) in [5.41, 5.74) is 2.04. The third kappa shape index (κ3) is 3.33. The number of benzene rings is 1. The highest BCUT2D eigenvalue weighted by Gasteiger charge is 2.21. The molecular weight excluding hydrogens is 238 g/mol. The second-order valence-corrected chi connectivity index (χ2v) is 5.28. The Hall–Kier alpha value is -1.39. The Morgan fingerprint density at radius 2 is 2.16 bits per heavy atom. The second-order valence-electron chi connectivity index (χ2n) is 5.28. The van der Waals surface area contributed by atoms with E-state index >= 15 is 0 Å². The lowest BCUT2D eigenvalue weighted by atomic mass is 9.97. The topological polar surface area (TPSA) is 50.1 Å². The summed E-state index contributed by atoms with van der Waals surface area (Å²) < 4.78 is 2.18. The zero-order chi connectivity index (χ0) is 13.7. The molecule has 0 bridgehead atoms. The second kappa shape index (κ2) is 6.17. The van der Waals surface area contributed by atoms with Crippen molar-refractivity contribution in [3.63, 3.8) is 0 Å². The summed E-state index contributed by atoms with van der Waals surface area (Å²) in [6.45, 7) is 6.12. The van der Waals surface area contributed by atoms with Crippen LogP contribution in [0.3, 0.4) is 0 Å². The first-order valence-electron chi connectivity index (χ1n) is 6.94. The first-order valence-corrected chi connectivity index (χ1v) is 6.94. The van der Waals surface area contributed by atoms with Gasteiger partial charge in [0.05, 0.1) is 24.0 Å². The van der Waals surface area contributed by atoms with Crippen LogP contribution in [0.15, 0.2) is 30.6 Å². The van der Waals surface area contributed by atoms with Crippen LogP contribution in [0.1, 0.15) is 26.7 Å². The van der Waals surface area contributed by atoms with Crippen molar-refractivity contribution in [2.75, 3.05) is 13.2 Å². The van der Waals surface area contributed by atoms with Crippen LogP contribution in [0.4, 0.5) is 0 Å². The molecule has 0 saturated heterocycles. The third-order valence-corrected chi connectivity index (χ3v) is 3.61. The minimum Gasteiger partial charge on any atom is -0.394 e. The Kier molecular flexibility index (Phi) is 4.56. The highest BCUT2D eigenvalue weighted by atomic mass is 16.3. The fraction of sp³-hybridized carbons (Fsp3) is 0.533. The predicted octanol–water partition coefficient (Wildman–Crippen LogP) is 2.18. The van der Waals surface area contributed by atoms with Gasteiger partial charge in [-0.2, -0.15) is 0 Å². The molecule has 2 aromatic rings. The first kappa shape index (κ1) is 14.0. The number of likely N-dealkylation sites (N-methyl/N-ethyl adjacent to an activating group) is 1. The van der Waals surface area contributed by atoms with Crippen molar-refractivity contribution in [2.24, 2.45) is 0 Å². The third-order valence-electron chi connectivity index (χ3n) is 3.61. The molecule has 0 saturated carbocycles. The molecule has 4 nitrogen and oxygen atoms in total. The largest absolute Gasteiger partial charge is 0.394 e. The molecule has 1 unspecified atom stereocenters. The Morgan fingerprint density at radius 3 is 2.89 bits per heavy atom. The van der Waals surface area contributed by atoms with Crippen molar-refractivity contribution < 1.29 is 5.11 Å². The first-order chi connectivity index (χ1) is 9.18. The van der Waals surface area contributed by atoms with Gasteiger partial charge in [0.15, 0.2) is 0 Å². The summed E-state index contributed by atoms with van der Waals surface area (Å²) in [5, 5.41) is 12.8. The number of fused-ring (bicyclic) bond motifs is 1. The standard InChI is InChI=1S/C15H23N3O/c1-3-17-15(2,11-19)9-6-10-18-12-16-13-7-4-5-8-14(13)18/h4-5,7-8,12,17,19H,3,6,9-11H2,1-2H3. The van der Waals surface area contributed by atoms with E-state index in [0.29, 0.717) is 0 Å². The molecule has 19 heavy (non-hydrogen) atoms. The molecule has 104 valence electrons. The molecule has 0 aliphatic rings. The van der Waals surface area contributed by atoms with E-state index in [0.717, 1.165) is 31.4 Å². The lowest BCUT2D eigenvalue weighted by Gasteiger charge is -2.28. The van der Waals surface area contributed by atoms with Gasteiger partial charge in [0.2, 0.25) is 0 Å². The Bertz CT molecular complexity index is 523. The number of nitrogens with zero attached hydrogens (tertiary/aromatic N) is 2. The minimum atomic E-state index is -0.175. The molecule has 2 rings (SSSR count). The Labute approximate surface area is 114 Å². The van der Waals surface area contributed by atoms with Gasteiger partial charge in [-0.1, -0.05) is 19.1 Å². The number of aromatic nitrogens is 2. The number of nitrogens with one attached hydrogen (secondary N) is 1. The van der Waals surface area contributed by atoms with Gasteiger partial charge < -0.3 is 15.0 Å². The van der Waals surface area contributed by atoms with E-state index in [2.05, 4.69) is 34.8 Å². The van der Waals surface area contributed by atoms with Crippen LogP contribution in [0.5, 0.6) is 0 Å². The van der Waals surface area contributed by atoms with Crippen LogP contribution >= 0.6 is 0 Å². The van der Waals surface area contributed by atoms with Crippen molar-refractivity contribution in [3.05, 3.63) is 30.6 Å². The molecular formula is C15H23N3O. The van der Waals surface area contributed by atoms with Crippen molar-refractivity contribution >= 4 is 11.0 Å². The van der Waals surface area contributed by atoms with Crippen molar-refractivity contribution in [1.29, 1.82) is 0 Å². The highest BCUT2D eigenvalue weighted by Crippen LogP contribution is 2.16. The van der Waals surface area contributed by atoms with Crippen LogP contribution in [-0.4, -0.2) is 33.3 Å². The minimum absolute atomic E-state index is 0.172. The zero-order valence-electron chi connectivity index (χ0n) is 11.8. The lowest BCUT2D eigenvalue weighted by Crippen LogP contribution is -2.45. The monoisotopic (exact) mass is 261 g/mol. The molecule has 0 aliphatic heterocycles. The number of aryl methyl sites for hydroxylation is 1. The summed E-state index contributed by atoms with van der Waals surface area (Å²) in [4.78, 5) is 4.39. The smallest absolute Gasteiger partial charge is 0.0958 e. The van der Waals surface area contributed by atoms with Gasteiger partial charge in [0.1, 0.15) is 0 Å². The zero-order valence-corrected chi connectivity index (χ0v) is 11.8. The van der Waals surface area contributed by atoms with E-state index in [-0.39, 0.29) is 12.1 Å². The summed E-state index contributed by atoms with van der Waals surface area (Å²) in [6.07, 6.45) is 3.86. The molecule has 1 atom stereocenters. The average Bonchev–Trinajstić information content (AvgIpc) is 2.83. The Balaban J connectivity index is 1.95. The molecule has 1 heterocycles. The quantitative estimate of drug-likeness (QED) is 0.803. The van der Waals surface area contributed by atoms with E-state index in [1.807, 2.05) is 24.5 Å². The number of aliphatic hydroxyl groups excluding tert-OH is 1. The normalized spacial score (nSPS) is 14.7. The maximum absolute atomic E-state index is 9.46. The van der Waals surface area contributed by atoms with Gasteiger partial charge in [-0.25, -0.2) is 4.98 Å². The molecule has 0 aliphatic carbocycles. The molecule has 4 heteroatoms. The predicted molar refractivity (Wildman–Crippen MR) is 78.1 cm³/mol. The van der Waals surface area contributed by atoms with Gasteiger partial charge in [-0.05, 0) is 38.4 Å². The van der Waals surface area contributed by atoms with Crippen molar-refractivity contribution in [3.8, 4) is 0 Å². The van der Waals surface area contributed by atoms with E-state index in [9.17, 15) is 5.11 Å². The summed E-state index contributed by atoms with van der Waals surface area (Å²) in [6, 6.07) is 8.17. The molecule has 2 N–H and O–H groups in total. The van der Waals surface area contributed by atoms with Crippen molar-refractivity contribution in [1.82, 2.24) is 14.9 Å². The van der Waals surface area contributed by atoms with Gasteiger partial charge in [-0.15, -0.1) is 0 Å². The van der Waals surface area contributed by atoms with E-state index < -0.39 is 0 Å². The number of hydrogen-bond donors (Lipinski definition) is 2. The van der Waals surface area contributed by atoms with E-state index in [4.69, 9.17) is 0 Å². The summed E-state index contributed by atoms with van der Waals surface area (Å²) in [7, 11) is 0. The fourth-order valence-corrected chi connectivity index (χ4v) is 2.48.